The zero-order valence-electron chi connectivity index (χ0n) is 9.54. The summed E-state index contributed by atoms with van der Waals surface area (Å²) < 4.78 is 25.0. The van der Waals surface area contributed by atoms with Gasteiger partial charge in [-0.3, -0.25) is 4.31 Å². The number of hydrogen-bond acceptors (Lipinski definition) is 3. The van der Waals surface area contributed by atoms with Gasteiger partial charge in [0.2, 0.25) is 10.0 Å². The molecule has 0 unspecified atom stereocenters. The van der Waals surface area contributed by atoms with Crippen molar-refractivity contribution in [1.82, 2.24) is 0 Å². The summed E-state index contributed by atoms with van der Waals surface area (Å²) in [6.45, 7) is 1.05. The normalized spacial score (nSPS) is 19.0. The molecule has 0 amide bonds. The highest BCUT2D eigenvalue weighted by atomic mass is 32.2. The Kier molecular flexibility index (Phi) is 3.49. The summed E-state index contributed by atoms with van der Waals surface area (Å²) in [7, 11) is -3.09. The molecule has 1 fully saturated rings. The summed E-state index contributed by atoms with van der Waals surface area (Å²) in [5.41, 5.74) is 7.09. The summed E-state index contributed by atoms with van der Waals surface area (Å²) in [6, 6.07) is 7.48. The van der Waals surface area contributed by atoms with Crippen molar-refractivity contribution in [3.63, 3.8) is 0 Å². The number of sulfonamides is 1. The number of benzene rings is 1. The Morgan fingerprint density at radius 2 is 2.24 bits per heavy atom. The van der Waals surface area contributed by atoms with Crippen LogP contribution in [-0.4, -0.2) is 27.3 Å². The first-order chi connectivity index (χ1) is 8.13. The largest absolute Gasteiger partial charge is 0.327 e. The highest BCUT2D eigenvalue weighted by Crippen LogP contribution is 2.24. The van der Waals surface area contributed by atoms with Crippen LogP contribution >= 0.6 is 0 Å². The number of nitrogens with two attached hydrogens (primary N) is 1. The van der Waals surface area contributed by atoms with Crippen molar-refractivity contribution in [3.8, 4) is 0 Å². The highest BCUT2D eigenvalue weighted by molar-refractivity contribution is 7.93. The maximum absolute atomic E-state index is 11.8. The molecule has 1 heterocycles. The SMILES string of the molecule is NCC=Cc1cccc(N2CCCS2(=O)=O)c1. The lowest BCUT2D eigenvalue weighted by Gasteiger charge is -2.17. The van der Waals surface area contributed by atoms with Crippen LogP contribution in [0, 0.1) is 0 Å². The van der Waals surface area contributed by atoms with E-state index in [-0.39, 0.29) is 5.75 Å². The molecule has 2 rings (SSSR count). The molecule has 0 spiro atoms. The van der Waals surface area contributed by atoms with Gasteiger partial charge in [-0.15, -0.1) is 0 Å². The molecule has 1 aliphatic heterocycles. The molecule has 0 aromatic heterocycles. The molecule has 1 aromatic rings. The van der Waals surface area contributed by atoms with E-state index in [9.17, 15) is 8.42 Å². The van der Waals surface area contributed by atoms with Gasteiger partial charge in [-0.05, 0) is 24.1 Å². The van der Waals surface area contributed by atoms with Crippen LogP contribution in [0.5, 0.6) is 0 Å². The van der Waals surface area contributed by atoms with Gasteiger partial charge in [0.05, 0.1) is 11.4 Å². The molecule has 0 radical (unpaired) electrons. The molecule has 1 aliphatic rings. The zero-order valence-corrected chi connectivity index (χ0v) is 10.4. The van der Waals surface area contributed by atoms with Gasteiger partial charge in [0, 0.05) is 13.1 Å². The van der Waals surface area contributed by atoms with E-state index in [1.165, 1.54) is 4.31 Å². The topological polar surface area (TPSA) is 63.4 Å². The van der Waals surface area contributed by atoms with E-state index >= 15 is 0 Å². The van der Waals surface area contributed by atoms with Crippen LogP contribution in [0.4, 0.5) is 5.69 Å². The van der Waals surface area contributed by atoms with Crippen molar-refractivity contribution in [3.05, 3.63) is 35.9 Å². The van der Waals surface area contributed by atoms with Gasteiger partial charge >= 0.3 is 0 Å². The van der Waals surface area contributed by atoms with E-state index in [4.69, 9.17) is 5.73 Å². The Hall–Kier alpha value is -1.33. The minimum absolute atomic E-state index is 0.246. The molecule has 0 saturated carbocycles. The third-order valence-electron chi connectivity index (χ3n) is 2.70. The summed E-state index contributed by atoms with van der Waals surface area (Å²) in [5, 5.41) is 0. The second-order valence-electron chi connectivity index (χ2n) is 3.97. The summed E-state index contributed by atoms with van der Waals surface area (Å²) in [5.74, 6) is 0.246. The summed E-state index contributed by atoms with van der Waals surface area (Å²) in [6.07, 6.45) is 4.44. The second kappa shape index (κ2) is 4.89. The van der Waals surface area contributed by atoms with Gasteiger partial charge in [-0.1, -0.05) is 24.3 Å². The molecular formula is C12H16N2O2S. The molecule has 0 bridgehead atoms. The molecule has 92 valence electrons. The van der Waals surface area contributed by atoms with E-state index in [0.717, 1.165) is 11.3 Å². The Balaban J connectivity index is 2.30. The molecule has 4 nitrogen and oxygen atoms in total. The number of rotatable bonds is 3. The standard InChI is InChI=1S/C12H16N2O2S/c13-7-2-5-11-4-1-6-12(10-11)14-8-3-9-17(14,15)16/h1-2,4-6,10H,3,7-9,13H2. The van der Waals surface area contributed by atoms with Crippen LogP contribution in [0.2, 0.25) is 0 Å². The molecule has 2 N–H and O–H groups in total. The van der Waals surface area contributed by atoms with Crippen molar-refractivity contribution >= 4 is 21.8 Å². The highest BCUT2D eigenvalue weighted by Gasteiger charge is 2.28. The van der Waals surface area contributed by atoms with Crippen LogP contribution in [0.3, 0.4) is 0 Å². The molecule has 1 saturated heterocycles. The van der Waals surface area contributed by atoms with E-state index in [0.29, 0.717) is 19.5 Å². The fourth-order valence-corrected chi connectivity index (χ4v) is 3.47. The Labute approximate surface area is 102 Å². The summed E-state index contributed by atoms with van der Waals surface area (Å²) >= 11 is 0. The Morgan fingerprint density at radius 1 is 1.41 bits per heavy atom. The maximum Gasteiger partial charge on any atom is 0.235 e. The van der Waals surface area contributed by atoms with Gasteiger partial charge in [-0.25, -0.2) is 8.42 Å². The first kappa shape index (κ1) is 12.1. The van der Waals surface area contributed by atoms with E-state index in [1.54, 1.807) is 0 Å². The molecule has 0 atom stereocenters. The fraction of sp³-hybridized carbons (Fsp3) is 0.333. The van der Waals surface area contributed by atoms with Gasteiger partial charge < -0.3 is 5.73 Å². The predicted octanol–water partition coefficient (Wildman–Crippen LogP) is 1.20. The second-order valence-corrected chi connectivity index (χ2v) is 5.99. The van der Waals surface area contributed by atoms with Crippen molar-refractivity contribution in [2.24, 2.45) is 5.73 Å². The number of anilines is 1. The first-order valence-corrected chi connectivity index (χ1v) is 7.21. The van der Waals surface area contributed by atoms with Crippen LogP contribution in [0.25, 0.3) is 6.08 Å². The van der Waals surface area contributed by atoms with Crippen molar-refractivity contribution in [2.45, 2.75) is 6.42 Å². The zero-order chi connectivity index (χ0) is 12.3. The van der Waals surface area contributed by atoms with Gasteiger partial charge in [0.15, 0.2) is 0 Å². The smallest absolute Gasteiger partial charge is 0.235 e. The Morgan fingerprint density at radius 3 is 2.88 bits per heavy atom. The minimum Gasteiger partial charge on any atom is -0.327 e. The lowest BCUT2D eigenvalue weighted by Crippen LogP contribution is -2.24. The predicted molar refractivity (Wildman–Crippen MR) is 70.3 cm³/mol. The third-order valence-corrected chi connectivity index (χ3v) is 4.57. The van der Waals surface area contributed by atoms with Crippen LogP contribution < -0.4 is 10.0 Å². The van der Waals surface area contributed by atoms with Crippen molar-refractivity contribution in [1.29, 1.82) is 0 Å². The van der Waals surface area contributed by atoms with Crippen molar-refractivity contribution in [2.75, 3.05) is 23.1 Å². The number of nitrogens with zero attached hydrogens (tertiary/aromatic N) is 1. The van der Waals surface area contributed by atoms with Gasteiger partial charge in [0.25, 0.3) is 0 Å². The van der Waals surface area contributed by atoms with Gasteiger partial charge in [-0.2, -0.15) is 0 Å². The first-order valence-electron chi connectivity index (χ1n) is 5.60. The molecule has 1 aromatic carbocycles. The maximum atomic E-state index is 11.8. The Bertz CT molecular complexity index is 523. The fourth-order valence-electron chi connectivity index (χ4n) is 1.92. The quantitative estimate of drug-likeness (QED) is 0.879. The lowest BCUT2D eigenvalue weighted by molar-refractivity contribution is 0.599. The van der Waals surface area contributed by atoms with Crippen LogP contribution in [0.15, 0.2) is 30.3 Å². The van der Waals surface area contributed by atoms with Crippen LogP contribution in [-0.2, 0) is 10.0 Å². The van der Waals surface area contributed by atoms with Crippen molar-refractivity contribution < 1.29 is 8.42 Å². The van der Waals surface area contributed by atoms with Crippen LogP contribution in [0.1, 0.15) is 12.0 Å². The number of hydrogen-bond donors (Lipinski definition) is 1. The molecule has 0 aliphatic carbocycles. The van der Waals surface area contributed by atoms with E-state index in [2.05, 4.69) is 0 Å². The van der Waals surface area contributed by atoms with E-state index in [1.807, 2.05) is 36.4 Å². The average molecular weight is 252 g/mol. The minimum atomic E-state index is -3.09. The lowest BCUT2D eigenvalue weighted by atomic mass is 10.2. The molecule has 5 heteroatoms. The van der Waals surface area contributed by atoms with Gasteiger partial charge in [0.1, 0.15) is 0 Å². The molecule has 17 heavy (non-hydrogen) atoms. The summed E-state index contributed by atoms with van der Waals surface area (Å²) in [4.78, 5) is 0. The monoisotopic (exact) mass is 252 g/mol. The third kappa shape index (κ3) is 2.68. The average Bonchev–Trinajstić information content (AvgIpc) is 2.67. The van der Waals surface area contributed by atoms with E-state index < -0.39 is 10.0 Å². The molecular weight excluding hydrogens is 236 g/mol.